The lowest BCUT2D eigenvalue weighted by Crippen LogP contribution is -2.40. The number of guanidine groups is 1. The molecule has 2 N–H and O–H groups in total. The van der Waals surface area contributed by atoms with Crippen molar-refractivity contribution in [3.05, 3.63) is 65.7 Å². The summed E-state index contributed by atoms with van der Waals surface area (Å²) in [6.07, 6.45) is 0. The predicted molar refractivity (Wildman–Crippen MR) is 133 cm³/mol. The first kappa shape index (κ1) is 26.2. The normalized spacial score (nSPS) is 11.5. The van der Waals surface area contributed by atoms with E-state index >= 15 is 0 Å². The molecule has 0 fully saturated rings. The summed E-state index contributed by atoms with van der Waals surface area (Å²) in [5, 5.41) is 3.28. The summed E-state index contributed by atoms with van der Waals surface area (Å²) in [4.78, 5) is 6.70. The third-order valence-corrected chi connectivity index (χ3v) is 5.57. The Bertz CT molecular complexity index is 875. The van der Waals surface area contributed by atoms with Crippen LogP contribution in [0, 0.1) is 0 Å². The zero-order chi connectivity index (χ0) is 21.1. The number of ether oxygens (including phenoxy) is 1. The maximum absolute atomic E-state index is 11.6. The van der Waals surface area contributed by atoms with Gasteiger partial charge in [0.1, 0.15) is 12.4 Å². The molecule has 0 aliphatic heterocycles. The fraction of sp³-hybridized carbons (Fsp3) is 0.381. The average molecular weight is 546 g/mol. The summed E-state index contributed by atoms with van der Waals surface area (Å²) in [5.41, 5.74) is 1.76. The second kappa shape index (κ2) is 13.5. The summed E-state index contributed by atoms with van der Waals surface area (Å²) in [6.45, 7) is 4.55. The van der Waals surface area contributed by atoms with Crippen molar-refractivity contribution in [3.8, 4) is 5.75 Å². The average Bonchev–Trinajstić information content (AvgIpc) is 2.72. The van der Waals surface area contributed by atoms with Crippen LogP contribution in [0.5, 0.6) is 5.75 Å². The first-order valence-corrected chi connectivity index (χ1v) is 11.2. The fourth-order valence-corrected chi connectivity index (χ4v) is 3.37. The quantitative estimate of drug-likeness (QED) is 0.272. The van der Waals surface area contributed by atoms with Gasteiger partial charge in [-0.3, -0.25) is 0 Å². The standard InChI is InChI=1S/C21H30N4O3S.HI/c1-4-23-21(25(3)14-15-28-20-8-6-5-7-9-20)24-16-18-10-12-19(13-11-18)17-29(26,27)22-2;/h5-13,22H,4,14-17H2,1-3H3,(H,23,24);1H. The summed E-state index contributed by atoms with van der Waals surface area (Å²) in [6, 6.07) is 17.2. The lowest BCUT2D eigenvalue weighted by Gasteiger charge is -2.22. The zero-order valence-corrected chi connectivity index (χ0v) is 20.8. The van der Waals surface area contributed by atoms with E-state index in [0.717, 1.165) is 29.4 Å². The Hall–Kier alpha value is -1.85. The second-order valence-electron chi connectivity index (χ2n) is 6.53. The number of nitrogens with zero attached hydrogens (tertiary/aromatic N) is 2. The number of rotatable bonds is 10. The van der Waals surface area contributed by atoms with E-state index in [1.807, 2.05) is 73.5 Å². The number of likely N-dealkylation sites (N-methyl/N-ethyl adjacent to an activating group) is 1. The first-order chi connectivity index (χ1) is 13.9. The summed E-state index contributed by atoms with van der Waals surface area (Å²) >= 11 is 0. The Morgan fingerprint density at radius 1 is 1.07 bits per heavy atom. The van der Waals surface area contributed by atoms with Gasteiger partial charge in [0, 0.05) is 13.6 Å². The molecule has 2 rings (SSSR count). The first-order valence-electron chi connectivity index (χ1n) is 9.60. The highest BCUT2D eigenvalue weighted by Gasteiger charge is 2.09. The molecule has 0 unspecified atom stereocenters. The molecule has 0 bridgehead atoms. The molecule has 0 aliphatic rings. The van der Waals surface area contributed by atoms with Crippen molar-refractivity contribution in [1.29, 1.82) is 0 Å². The molecule has 0 aliphatic carbocycles. The molecule has 0 saturated carbocycles. The van der Waals surface area contributed by atoms with Gasteiger partial charge < -0.3 is 15.0 Å². The fourth-order valence-electron chi connectivity index (χ4n) is 2.59. The number of nitrogens with one attached hydrogen (secondary N) is 2. The van der Waals surface area contributed by atoms with Gasteiger partial charge in [-0.05, 0) is 37.2 Å². The molecule has 7 nitrogen and oxygen atoms in total. The molecule has 0 aromatic heterocycles. The van der Waals surface area contributed by atoms with Crippen LogP contribution in [0.1, 0.15) is 18.1 Å². The number of para-hydroxylation sites is 1. The van der Waals surface area contributed by atoms with E-state index in [1.165, 1.54) is 7.05 Å². The van der Waals surface area contributed by atoms with Crippen LogP contribution in [-0.2, 0) is 22.3 Å². The van der Waals surface area contributed by atoms with Crippen LogP contribution in [0.3, 0.4) is 0 Å². The van der Waals surface area contributed by atoms with Crippen molar-refractivity contribution in [2.75, 3.05) is 33.8 Å². The van der Waals surface area contributed by atoms with Gasteiger partial charge in [0.2, 0.25) is 10.0 Å². The number of sulfonamides is 1. The molecule has 0 radical (unpaired) electrons. The molecule has 9 heteroatoms. The van der Waals surface area contributed by atoms with E-state index in [9.17, 15) is 8.42 Å². The number of hydrogen-bond donors (Lipinski definition) is 2. The SMILES string of the molecule is CCNC(=NCc1ccc(CS(=O)(=O)NC)cc1)N(C)CCOc1ccccc1.I. The van der Waals surface area contributed by atoms with Crippen LogP contribution in [0.2, 0.25) is 0 Å². The Morgan fingerprint density at radius 2 is 1.70 bits per heavy atom. The van der Waals surface area contributed by atoms with E-state index in [4.69, 9.17) is 4.74 Å². The van der Waals surface area contributed by atoms with Crippen molar-refractivity contribution >= 4 is 40.0 Å². The van der Waals surface area contributed by atoms with Crippen LogP contribution >= 0.6 is 24.0 Å². The molecule has 166 valence electrons. The van der Waals surface area contributed by atoms with Crippen molar-refractivity contribution in [1.82, 2.24) is 14.9 Å². The van der Waals surface area contributed by atoms with E-state index in [0.29, 0.717) is 19.7 Å². The van der Waals surface area contributed by atoms with Crippen LogP contribution in [-0.4, -0.2) is 53.1 Å². The highest BCUT2D eigenvalue weighted by molar-refractivity contribution is 14.0. The highest BCUT2D eigenvalue weighted by atomic mass is 127. The van der Waals surface area contributed by atoms with Crippen LogP contribution in [0.15, 0.2) is 59.6 Å². The summed E-state index contributed by atoms with van der Waals surface area (Å²) < 4.78 is 31.3. The lowest BCUT2D eigenvalue weighted by molar-refractivity contribution is 0.281. The molecule has 0 atom stereocenters. The van der Waals surface area contributed by atoms with E-state index in [2.05, 4.69) is 15.0 Å². The molecule has 0 heterocycles. The minimum Gasteiger partial charge on any atom is -0.492 e. The number of benzene rings is 2. The molecule has 2 aromatic carbocycles. The Kier molecular flexibility index (Phi) is 11.7. The molecular formula is C21H31IN4O3S. The summed E-state index contributed by atoms with van der Waals surface area (Å²) in [5.74, 6) is 1.62. The smallest absolute Gasteiger partial charge is 0.215 e. The van der Waals surface area contributed by atoms with Gasteiger partial charge in [0.25, 0.3) is 0 Å². The van der Waals surface area contributed by atoms with Crippen molar-refractivity contribution in [2.45, 2.75) is 19.2 Å². The maximum atomic E-state index is 11.6. The van der Waals surface area contributed by atoms with Gasteiger partial charge in [0.15, 0.2) is 5.96 Å². The topological polar surface area (TPSA) is 83.0 Å². The van der Waals surface area contributed by atoms with E-state index in [-0.39, 0.29) is 29.7 Å². The molecular weight excluding hydrogens is 515 g/mol. The molecule has 2 aromatic rings. The van der Waals surface area contributed by atoms with Crippen LogP contribution in [0.25, 0.3) is 0 Å². The minimum atomic E-state index is -3.26. The zero-order valence-electron chi connectivity index (χ0n) is 17.7. The van der Waals surface area contributed by atoms with E-state index < -0.39 is 10.0 Å². The van der Waals surface area contributed by atoms with Gasteiger partial charge >= 0.3 is 0 Å². The van der Waals surface area contributed by atoms with Gasteiger partial charge in [-0.2, -0.15) is 0 Å². The Balaban J connectivity index is 0.00000450. The van der Waals surface area contributed by atoms with E-state index in [1.54, 1.807) is 0 Å². The summed E-state index contributed by atoms with van der Waals surface area (Å²) in [7, 11) is 0.128. The number of aliphatic imine (C=N–C) groups is 1. The van der Waals surface area contributed by atoms with Gasteiger partial charge in [0.05, 0.1) is 18.8 Å². The van der Waals surface area contributed by atoms with Gasteiger partial charge in [-0.15, -0.1) is 24.0 Å². The Labute approximate surface area is 197 Å². The van der Waals surface area contributed by atoms with Crippen LogP contribution in [0.4, 0.5) is 0 Å². The Morgan fingerprint density at radius 3 is 2.30 bits per heavy atom. The highest BCUT2D eigenvalue weighted by Crippen LogP contribution is 2.10. The molecule has 0 spiro atoms. The van der Waals surface area contributed by atoms with Gasteiger partial charge in [-0.1, -0.05) is 42.5 Å². The number of hydrogen-bond acceptors (Lipinski definition) is 4. The molecule has 0 saturated heterocycles. The molecule has 0 amide bonds. The van der Waals surface area contributed by atoms with Crippen molar-refractivity contribution in [3.63, 3.8) is 0 Å². The third-order valence-electron chi connectivity index (χ3n) is 4.24. The molecule has 30 heavy (non-hydrogen) atoms. The largest absolute Gasteiger partial charge is 0.492 e. The predicted octanol–water partition coefficient (Wildman–Crippen LogP) is 2.83. The van der Waals surface area contributed by atoms with Gasteiger partial charge in [-0.25, -0.2) is 18.1 Å². The van der Waals surface area contributed by atoms with Crippen molar-refractivity contribution in [2.24, 2.45) is 4.99 Å². The van der Waals surface area contributed by atoms with Crippen LogP contribution < -0.4 is 14.8 Å². The third kappa shape index (κ3) is 9.31. The van der Waals surface area contributed by atoms with Crippen molar-refractivity contribution < 1.29 is 13.2 Å². The number of halogens is 1. The second-order valence-corrected chi connectivity index (χ2v) is 8.46. The lowest BCUT2D eigenvalue weighted by atomic mass is 10.1. The maximum Gasteiger partial charge on any atom is 0.215 e. The monoisotopic (exact) mass is 546 g/mol. The minimum absolute atomic E-state index is 0.